The standard InChI is InChI=1S/C15H28N4O5S/c1-17(13-5-3-2-4-6-13)25(23,24)19-11-9-18(10-12-19)15(22)16-8-7-14(20)21/h13H,2-12H2,1H3,(H,16,22)(H,20,21). The van der Waals surface area contributed by atoms with Gasteiger partial charge in [0, 0.05) is 45.8 Å². The number of hydrogen-bond donors (Lipinski definition) is 2. The lowest BCUT2D eigenvalue weighted by Gasteiger charge is -2.38. The first kappa shape index (κ1) is 19.9. The summed E-state index contributed by atoms with van der Waals surface area (Å²) in [7, 11) is -1.86. The molecule has 0 aromatic rings. The van der Waals surface area contributed by atoms with Crippen LogP contribution in [0.1, 0.15) is 38.5 Å². The zero-order valence-corrected chi connectivity index (χ0v) is 15.5. The molecule has 2 N–H and O–H groups in total. The predicted molar refractivity (Wildman–Crippen MR) is 92.4 cm³/mol. The number of urea groups is 1. The minimum atomic E-state index is -3.51. The number of rotatable bonds is 6. The number of piperazine rings is 1. The zero-order valence-electron chi connectivity index (χ0n) is 14.7. The van der Waals surface area contributed by atoms with E-state index in [0.29, 0.717) is 13.1 Å². The second-order valence-corrected chi connectivity index (χ2v) is 8.57. The largest absolute Gasteiger partial charge is 0.481 e. The zero-order chi connectivity index (χ0) is 18.4. The molecule has 1 saturated carbocycles. The van der Waals surface area contributed by atoms with Crippen LogP contribution in [0.4, 0.5) is 4.79 Å². The maximum absolute atomic E-state index is 12.8. The number of carbonyl (C=O) groups excluding carboxylic acids is 1. The summed E-state index contributed by atoms with van der Waals surface area (Å²) in [5.74, 6) is -0.970. The number of carboxylic acids is 1. The molecule has 2 amide bonds. The van der Waals surface area contributed by atoms with E-state index < -0.39 is 16.2 Å². The number of hydrogen-bond acceptors (Lipinski definition) is 4. The van der Waals surface area contributed by atoms with Crippen LogP contribution in [0.15, 0.2) is 0 Å². The van der Waals surface area contributed by atoms with Gasteiger partial charge in [0.25, 0.3) is 10.2 Å². The molecule has 2 rings (SSSR count). The van der Waals surface area contributed by atoms with Crippen LogP contribution in [-0.2, 0) is 15.0 Å². The SMILES string of the molecule is CN(C1CCCCC1)S(=O)(=O)N1CCN(C(=O)NCCC(=O)O)CC1. The van der Waals surface area contributed by atoms with Gasteiger partial charge in [0.05, 0.1) is 6.42 Å². The molecule has 0 atom stereocenters. The third-order valence-electron chi connectivity index (χ3n) is 4.92. The van der Waals surface area contributed by atoms with Crippen LogP contribution in [-0.4, -0.2) is 84.8 Å². The highest BCUT2D eigenvalue weighted by Gasteiger charge is 2.35. The molecule has 10 heteroatoms. The van der Waals surface area contributed by atoms with E-state index in [1.807, 2.05) is 0 Å². The number of nitrogens with zero attached hydrogens (tertiary/aromatic N) is 3. The van der Waals surface area contributed by atoms with Crippen molar-refractivity contribution in [3.8, 4) is 0 Å². The Balaban J connectivity index is 1.83. The molecule has 0 aromatic carbocycles. The summed E-state index contributed by atoms with van der Waals surface area (Å²) >= 11 is 0. The van der Waals surface area contributed by atoms with Gasteiger partial charge in [-0.2, -0.15) is 17.0 Å². The van der Waals surface area contributed by atoms with Crippen molar-refractivity contribution in [1.82, 2.24) is 18.8 Å². The molecule has 0 radical (unpaired) electrons. The first-order valence-corrected chi connectivity index (χ1v) is 10.2. The minimum Gasteiger partial charge on any atom is -0.481 e. The van der Waals surface area contributed by atoms with Crippen LogP contribution in [0.5, 0.6) is 0 Å². The van der Waals surface area contributed by atoms with Gasteiger partial charge < -0.3 is 15.3 Å². The van der Waals surface area contributed by atoms with Crippen LogP contribution < -0.4 is 5.32 Å². The molecule has 2 fully saturated rings. The number of nitrogens with one attached hydrogen (secondary N) is 1. The Morgan fingerprint density at radius 2 is 1.72 bits per heavy atom. The van der Waals surface area contributed by atoms with E-state index in [4.69, 9.17) is 5.11 Å². The molecule has 0 bridgehead atoms. The van der Waals surface area contributed by atoms with Gasteiger partial charge in [-0.05, 0) is 12.8 Å². The molecule has 144 valence electrons. The molecular weight excluding hydrogens is 348 g/mol. The van der Waals surface area contributed by atoms with E-state index in [1.165, 1.54) is 19.9 Å². The lowest BCUT2D eigenvalue weighted by Crippen LogP contribution is -2.56. The van der Waals surface area contributed by atoms with Gasteiger partial charge in [-0.1, -0.05) is 19.3 Å². The Morgan fingerprint density at radius 3 is 2.28 bits per heavy atom. The molecule has 25 heavy (non-hydrogen) atoms. The lowest BCUT2D eigenvalue weighted by molar-refractivity contribution is -0.136. The average Bonchev–Trinajstić information content (AvgIpc) is 2.61. The Morgan fingerprint density at radius 1 is 1.12 bits per heavy atom. The maximum Gasteiger partial charge on any atom is 0.317 e. The fourth-order valence-corrected chi connectivity index (χ4v) is 4.90. The number of carboxylic acid groups (broad SMARTS) is 1. The predicted octanol–water partition coefficient (Wildman–Crippen LogP) is 0.298. The smallest absolute Gasteiger partial charge is 0.317 e. The maximum atomic E-state index is 12.8. The first-order valence-electron chi connectivity index (χ1n) is 8.80. The molecule has 1 aliphatic heterocycles. The van der Waals surface area contributed by atoms with Crippen molar-refractivity contribution in [2.24, 2.45) is 0 Å². The minimum absolute atomic E-state index is 0.0658. The van der Waals surface area contributed by atoms with Crippen LogP contribution in [0.25, 0.3) is 0 Å². The van der Waals surface area contributed by atoms with Gasteiger partial charge in [0.15, 0.2) is 0 Å². The molecule has 0 aromatic heterocycles. The second kappa shape index (κ2) is 8.81. The van der Waals surface area contributed by atoms with E-state index in [9.17, 15) is 18.0 Å². The van der Waals surface area contributed by atoms with E-state index in [0.717, 1.165) is 25.7 Å². The van der Waals surface area contributed by atoms with Gasteiger partial charge in [-0.25, -0.2) is 4.79 Å². The van der Waals surface area contributed by atoms with Crippen molar-refractivity contribution >= 4 is 22.2 Å². The van der Waals surface area contributed by atoms with Crippen molar-refractivity contribution in [2.75, 3.05) is 39.8 Å². The Kier molecular flexibility index (Phi) is 7.03. The van der Waals surface area contributed by atoms with Gasteiger partial charge in [0.1, 0.15) is 0 Å². The highest BCUT2D eigenvalue weighted by Crippen LogP contribution is 2.25. The Hall–Kier alpha value is -1.39. The molecule has 1 heterocycles. The molecular formula is C15H28N4O5S. The molecule has 0 spiro atoms. The fraction of sp³-hybridized carbons (Fsp3) is 0.867. The number of aliphatic carboxylic acids is 1. The van der Waals surface area contributed by atoms with Crippen molar-refractivity contribution < 1.29 is 23.1 Å². The molecule has 9 nitrogen and oxygen atoms in total. The van der Waals surface area contributed by atoms with Gasteiger partial charge >= 0.3 is 12.0 Å². The summed E-state index contributed by atoms with van der Waals surface area (Å²) in [5, 5.41) is 11.1. The van der Waals surface area contributed by atoms with E-state index in [1.54, 1.807) is 7.05 Å². The second-order valence-electron chi connectivity index (χ2n) is 6.58. The molecule has 0 unspecified atom stereocenters. The number of amides is 2. The van der Waals surface area contributed by atoms with E-state index in [-0.39, 0.29) is 38.1 Å². The Labute approximate surface area is 149 Å². The third-order valence-corrected chi connectivity index (χ3v) is 6.96. The van der Waals surface area contributed by atoms with E-state index >= 15 is 0 Å². The average molecular weight is 376 g/mol. The summed E-state index contributed by atoms with van der Waals surface area (Å²) in [6.45, 7) is 1.18. The highest BCUT2D eigenvalue weighted by molar-refractivity contribution is 7.86. The molecule has 2 aliphatic rings. The van der Waals surface area contributed by atoms with Crippen molar-refractivity contribution in [1.29, 1.82) is 0 Å². The topological polar surface area (TPSA) is 110 Å². The summed E-state index contributed by atoms with van der Waals surface area (Å²) < 4.78 is 28.5. The van der Waals surface area contributed by atoms with Crippen LogP contribution in [0.2, 0.25) is 0 Å². The van der Waals surface area contributed by atoms with Gasteiger partial charge in [-0.3, -0.25) is 4.79 Å². The molecule has 1 aliphatic carbocycles. The molecule has 1 saturated heterocycles. The van der Waals surface area contributed by atoms with Crippen LogP contribution in [0, 0.1) is 0 Å². The Bertz CT molecular complexity index is 568. The third kappa shape index (κ3) is 5.29. The van der Waals surface area contributed by atoms with Crippen molar-refractivity contribution in [3.05, 3.63) is 0 Å². The summed E-state index contributed by atoms with van der Waals surface area (Å²) in [5.41, 5.74) is 0. The summed E-state index contributed by atoms with van der Waals surface area (Å²) in [6.07, 6.45) is 4.97. The number of carbonyl (C=O) groups is 2. The van der Waals surface area contributed by atoms with E-state index in [2.05, 4.69) is 5.32 Å². The summed E-state index contributed by atoms with van der Waals surface area (Å²) in [6, 6.07) is -0.282. The van der Waals surface area contributed by atoms with Crippen molar-refractivity contribution in [3.63, 3.8) is 0 Å². The highest BCUT2D eigenvalue weighted by atomic mass is 32.2. The van der Waals surface area contributed by atoms with Crippen molar-refractivity contribution in [2.45, 2.75) is 44.6 Å². The first-order chi connectivity index (χ1) is 11.8. The normalized spacial score (nSPS) is 20.6. The van der Waals surface area contributed by atoms with Gasteiger partial charge in [-0.15, -0.1) is 0 Å². The van der Waals surface area contributed by atoms with Crippen LogP contribution in [0.3, 0.4) is 0 Å². The van der Waals surface area contributed by atoms with Gasteiger partial charge in [0.2, 0.25) is 0 Å². The fourth-order valence-electron chi connectivity index (χ4n) is 3.33. The van der Waals surface area contributed by atoms with Crippen LogP contribution >= 0.6 is 0 Å². The summed E-state index contributed by atoms with van der Waals surface area (Å²) in [4.78, 5) is 23.9. The lowest BCUT2D eigenvalue weighted by atomic mass is 9.96. The quantitative estimate of drug-likeness (QED) is 0.693. The monoisotopic (exact) mass is 376 g/mol.